The molecule has 1 aliphatic heterocycles. The number of carbonyl (C=O) groups excluding carboxylic acids is 1. The average Bonchev–Trinajstić information content (AvgIpc) is 3.19. The second-order valence-corrected chi connectivity index (χ2v) is 10.4. The second-order valence-electron chi connectivity index (χ2n) is 8.99. The van der Waals surface area contributed by atoms with Gasteiger partial charge in [-0.2, -0.15) is 0 Å². The molecule has 1 aliphatic rings. The van der Waals surface area contributed by atoms with Crippen molar-refractivity contribution < 1.29 is 23.7 Å². The van der Waals surface area contributed by atoms with Crippen LogP contribution in [-0.4, -0.2) is 37.0 Å². The van der Waals surface area contributed by atoms with Crippen LogP contribution in [0.4, 0.5) is 0 Å². The van der Waals surface area contributed by atoms with Crippen molar-refractivity contribution in [3.63, 3.8) is 0 Å². The zero-order valence-electron chi connectivity index (χ0n) is 22.7. The maximum absolute atomic E-state index is 13.9. The standard InChI is InChI=1S/C29H31ClN2O6S/c1-7-36-21-12-10-20(30)13-19(21)15-24-27(33)32-26(18-9-11-22(38-16(3)4)23(14-18)35-6)25(28(34)37-8-2)17(5)31-29(32)39-24/h9-16,26H,7-8H2,1-6H3. The highest BCUT2D eigenvalue weighted by molar-refractivity contribution is 7.07. The number of hydrogen-bond acceptors (Lipinski definition) is 8. The Balaban J connectivity index is 1.96. The fraction of sp³-hybridized carbons (Fsp3) is 0.345. The molecule has 0 saturated heterocycles. The van der Waals surface area contributed by atoms with Crippen LogP contribution in [0, 0.1) is 0 Å². The normalized spacial score (nSPS) is 15.2. The van der Waals surface area contributed by atoms with Crippen LogP contribution < -0.4 is 29.1 Å². The van der Waals surface area contributed by atoms with Gasteiger partial charge in [0.2, 0.25) is 0 Å². The molecular formula is C29H31ClN2O6S. The monoisotopic (exact) mass is 570 g/mol. The van der Waals surface area contributed by atoms with Gasteiger partial charge in [-0.05, 0) is 76.6 Å². The van der Waals surface area contributed by atoms with Crippen LogP contribution in [0.3, 0.4) is 0 Å². The van der Waals surface area contributed by atoms with E-state index in [4.69, 9.17) is 30.5 Å². The van der Waals surface area contributed by atoms with Crippen molar-refractivity contribution in [2.45, 2.75) is 46.8 Å². The number of benzene rings is 2. The molecule has 0 aliphatic carbocycles. The lowest BCUT2D eigenvalue weighted by molar-refractivity contribution is -0.139. The summed E-state index contributed by atoms with van der Waals surface area (Å²) in [6, 6.07) is 9.85. The van der Waals surface area contributed by atoms with Gasteiger partial charge in [-0.1, -0.05) is 29.0 Å². The smallest absolute Gasteiger partial charge is 0.338 e. The Labute approximate surface area is 235 Å². The molecule has 0 saturated carbocycles. The van der Waals surface area contributed by atoms with Crippen LogP contribution in [0.1, 0.15) is 51.8 Å². The first kappa shape index (κ1) is 28.4. The molecule has 0 N–H and O–H groups in total. The molecule has 206 valence electrons. The predicted molar refractivity (Wildman–Crippen MR) is 152 cm³/mol. The van der Waals surface area contributed by atoms with E-state index in [1.165, 1.54) is 15.9 Å². The number of rotatable bonds is 9. The van der Waals surface area contributed by atoms with E-state index in [1.54, 1.807) is 57.4 Å². The van der Waals surface area contributed by atoms with E-state index in [-0.39, 0.29) is 23.8 Å². The summed E-state index contributed by atoms with van der Waals surface area (Å²) in [4.78, 5) is 32.2. The predicted octanol–water partition coefficient (Wildman–Crippen LogP) is 4.65. The summed E-state index contributed by atoms with van der Waals surface area (Å²) in [5, 5.41) is 0.520. The van der Waals surface area contributed by atoms with Crippen molar-refractivity contribution in [2.75, 3.05) is 20.3 Å². The third-order valence-electron chi connectivity index (χ3n) is 5.94. The first-order valence-electron chi connectivity index (χ1n) is 12.6. The molecule has 0 amide bonds. The first-order chi connectivity index (χ1) is 18.7. The van der Waals surface area contributed by atoms with Gasteiger partial charge in [0.1, 0.15) is 5.75 Å². The van der Waals surface area contributed by atoms with Gasteiger partial charge in [-0.3, -0.25) is 9.36 Å². The number of nitrogens with zero attached hydrogens (tertiary/aromatic N) is 2. The molecule has 0 spiro atoms. The Kier molecular flexibility index (Phi) is 8.82. The van der Waals surface area contributed by atoms with E-state index in [9.17, 15) is 9.59 Å². The Morgan fingerprint density at radius 2 is 1.87 bits per heavy atom. The summed E-state index contributed by atoms with van der Waals surface area (Å²) in [6.07, 6.45) is 1.68. The molecule has 4 rings (SSSR count). The van der Waals surface area contributed by atoms with Crippen LogP contribution in [0.25, 0.3) is 6.08 Å². The van der Waals surface area contributed by atoms with Gasteiger partial charge in [0, 0.05) is 10.6 Å². The molecule has 39 heavy (non-hydrogen) atoms. The average molecular weight is 571 g/mol. The molecule has 3 aromatic rings. The van der Waals surface area contributed by atoms with E-state index in [1.807, 2.05) is 26.8 Å². The minimum absolute atomic E-state index is 0.0623. The summed E-state index contributed by atoms with van der Waals surface area (Å²) in [6.45, 7) is 9.86. The number of esters is 1. The molecule has 1 aromatic heterocycles. The molecular weight excluding hydrogens is 540 g/mol. The van der Waals surface area contributed by atoms with Gasteiger partial charge in [0.05, 0.1) is 48.3 Å². The maximum Gasteiger partial charge on any atom is 0.338 e. The SMILES string of the molecule is CCOC(=O)C1=C(C)N=c2sc(=Cc3cc(Cl)ccc3OCC)c(=O)n2C1c1ccc(OC(C)C)c(OC)c1. The molecule has 10 heteroatoms. The summed E-state index contributed by atoms with van der Waals surface area (Å²) in [5.74, 6) is 1.12. The van der Waals surface area contributed by atoms with Crippen LogP contribution in [0.15, 0.2) is 57.5 Å². The van der Waals surface area contributed by atoms with Crippen LogP contribution in [-0.2, 0) is 9.53 Å². The number of hydrogen-bond donors (Lipinski definition) is 0. The molecule has 1 atom stereocenters. The highest BCUT2D eigenvalue weighted by atomic mass is 35.5. The van der Waals surface area contributed by atoms with E-state index < -0.39 is 12.0 Å². The molecule has 8 nitrogen and oxygen atoms in total. The zero-order chi connectivity index (χ0) is 28.3. The third kappa shape index (κ3) is 5.89. The van der Waals surface area contributed by atoms with Gasteiger partial charge < -0.3 is 18.9 Å². The first-order valence-corrected chi connectivity index (χ1v) is 13.8. The highest BCUT2D eigenvalue weighted by Gasteiger charge is 2.34. The molecule has 1 unspecified atom stereocenters. The number of carbonyl (C=O) groups is 1. The Morgan fingerprint density at radius 1 is 1.13 bits per heavy atom. The number of methoxy groups -OCH3 is 1. The van der Waals surface area contributed by atoms with Crippen molar-refractivity contribution in [2.24, 2.45) is 4.99 Å². The number of ether oxygens (including phenoxy) is 4. The van der Waals surface area contributed by atoms with Gasteiger partial charge >= 0.3 is 5.97 Å². The van der Waals surface area contributed by atoms with Crippen molar-refractivity contribution in [1.82, 2.24) is 4.57 Å². The molecule has 0 radical (unpaired) electrons. The summed E-state index contributed by atoms with van der Waals surface area (Å²) >= 11 is 7.48. The topological polar surface area (TPSA) is 88.4 Å². The van der Waals surface area contributed by atoms with E-state index in [0.717, 1.165) is 0 Å². The summed E-state index contributed by atoms with van der Waals surface area (Å²) in [7, 11) is 1.55. The number of thiazole rings is 1. The Morgan fingerprint density at radius 3 is 2.54 bits per heavy atom. The zero-order valence-corrected chi connectivity index (χ0v) is 24.3. The van der Waals surface area contributed by atoms with E-state index >= 15 is 0 Å². The maximum atomic E-state index is 13.9. The van der Waals surface area contributed by atoms with Gasteiger partial charge in [-0.15, -0.1) is 0 Å². The van der Waals surface area contributed by atoms with Crippen molar-refractivity contribution in [1.29, 1.82) is 0 Å². The molecule has 2 heterocycles. The van der Waals surface area contributed by atoms with Crippen molar-refractivity contribution >= 4 is 35.0 Å². The second kappa shape index (κ2) is 12.1. The minimum Gasteiger partial charge on any atom is -0.493 e. The lowest BCUT2D eigenvalue weighted by Gasteiger charge is -2.25. The van der Waals surface area contributed by atoms with Gasteiger partial charge in [0.25, 0.3) is 5.56 Å². The quantitative estimate of drug-likeness (QED) is 0.348. The fourth-order valence-corrected chi connectivity index (χ4v) is 5.59. The lowest BCUT2D eigenvalue weighted by Crippen LogP contribution is -2.40. The van der Waals surface area contributed by atoms with Crippen LogP contribution in [0.5, 0.6) is 17.2 Å². The number of allylic oxidation sites excluding steroid dienone is 1. The van der Waals surface area contributed by atoms with Crippen LogP contribution >= 0.6 is 22.9 Å². The van der Waals surface area contributed by atoms with Gasteiger partial charge in [0.15, 0.2) is 16.3 Å². The van der Waals surface area contributed by atoms with E-state index in [2.05, 4.69) is 4.99 Å². The fourth-order valence-electron chi connectivity index (χ4n) is 4.37. The molecule has 0 fully saturated rings. The number of halogens is 1. The van der Waals surface area contributed by atoms with Crippen molar-refractivity contribution in [3.8, 4) is 17.2 Å². The van der Waals surface area contributed by atoms with E-state index in [0.29, 0.717) is 55.0 Å². The minimum atomic E-state index is -0.782. The molecule has 0 bridgehead atoms. The Bertz CT molecular complexity index is 1600. The number of aromatic nitrogens is 1. The third-order valence-corrected chi connectivity index (χ3v) is 7.16. The van der Waals surface area contributed by atoms with Crippen molar-refractivity contribution in [3.05, 3.63) is 83.5 Å². The summed E-state index contributed by atoms with van der Waals surface area (Å²) in [5.41, 5.74) is 1.79. The molecule has 2 aromatic carbocycles. The number of fused-ring (bicyclic) bond motifs is 1. The lowest BCUT2D eigenvalue weighted by atomic mass is 9.95. The largest absolute Gasteiger partial charge is 0.493 e. The Hall–Kier alpha value is -3.56. The summed E-state index contributed by atoms with van der Waals surface area (Å²) < 4.78 is 24.6. The van der Waals surface area contributed by atoms with Crippen LogP contribution in [0.2, 0.25) is 5.02 Å². The van der Waals surface area contributed by atoms with Gasteiger partial charge in [-0.25, -0.2) is 9.79 Å². The highest BCUT2D eigenvalue weighted by Crippen LogP contribution is 2.36.